The molecule has 172 valence electrons. The Morgan fingerprint density at radius 3 is 1.33 bits per heavy atom. The summed E-state index contributed by atoms with van der Waals surface area (Å²) in [6.45, 7) is 7.12. The van der Waals surface area contributed by atoms with Crippen molar-refractivity contribution in [3.63, 3.8) is 0 Å². The van der Waals surface area contributed by atoms with Gasteiger partial charge in [0.1, 0.15) is 17.3 Å². The summed E-state index contributed by atoms with van der Waals surface area (Å²) in [6.07, 6.45) is 4.63. The van der Waals surface area contributed by atoms with Crippen molar-refractivity contribution in [1.82, 2.24) is 0 Å². The maximum atomic E-state index is 12.0. The number of ketones is 3. The summed E-state index contributed by atoms with van der Waals surface area (Å²) >= 11 is 0. The molecule has 0 fully saturated rings. The Morgan fingerprint density at radius 2 is 1.03 bits per heavy atom. The lowest BCUT2D eigenvalue weighted by Crippen LogP contribution is -2.21. The van der Waals surface area contributed by atoms with Gasteiger partial charge in [0.15, 0.2) is 0 Å². The molecule has 0 N–H and O–H groups in total. The molecule has 0 saturated heterocycles. The fourth-order valence-corrected chi connectivity index (χ4v) is 3.24. The van der Waals surface area contributed by atoms with Gasteiger partial charge in [-0.15, -0.1) is 0 Å². The molecule has 0 heterocycles. The van der Waals surface area contributed by atoms with E-state index in [-0.39, 0.29) is 68.2 Å². The van der Waals surface area contributed by atoms with Crippen molar-refractivity contribution in [2.24, 2.45) is 11.8 Å². The van der Waals surface area contributed by atoms with Crippen molar-refractivity contribution in [3.8, 4) is 0 Å². The monoisotopic (exact) mass is 426 g/mol. The highest BCUT2D eigenvalue weighted by Crippen LogP contribution is 2.15. The highest BCUT2D eigenvalue weighted by atomic mass is 16.5. The SMILES string of the molecule is CCCC(CC(C)=O)C(=O)OCCCC(=O)CCCOC(=O)C(CCC)CC(C)=O. The standard InChI is InChI=1S/C23H38O7/c1-5-9-19(15-17(3)24)22(27)29-13-7-11-21(26)12-8-14-30-23(28)20(10-6-2)16-18(4)25/h19-20H,5-16H2,1-4H3. The predicted molar refractivity (Wildman–Crippen MR) is 113 cm³/mol. The van der Waals surface area contributed by atoms with Crippen molar-refractivity contribution in [1.29, 1.82) is 0 Å². The summed E-state index contributed by atoms with van der Waals surface area (Å²) in [7, 11) is 0. The molecular formula is C23H38O7. The molecule has 0 aliphatic carbocycles. The van der Waals surface area contributed by atoms with Crippen LogP contribution in [0.2, 0.25) is 0 Å². The number of ether oxygens (including phenoxy) is 2. The van der Waals surface area contributed by atoms with Gasteiger partial charge in [0.05, 0.1) is 25.0 Å². The van der Waals surface area contributed by atoms with Crippen LogP contribution in [0, 0.1) is 11.8 Å². The Morgan fingerprint density at radius 1 is 0.667 bits per heavy atom. The lowest BCUT2D eigenvalue weighted by atomic mass is 9.98. The molecule has 30 heavy (non-hydrogen) atoms. The Bertz CT molecular complexity index is 520. The van der Waals surface area contributed by atoms with E-state index >= 15 is 0 Å². The van der Waals surface area contributed by atoms with Crippen LogP contribution in [0.25, 0.3) is 0 Å². The average molecular weight is 427 g/mol. The van der Waals surface area contributed by atoms with E-state index in [2.05, 4.69) is 0 Å². The van der Waals surface area contributed by atoms with Gasteiger partial charge in [0, 0.05) is 25.7 Å². The first-order chi connectivity index (χ1) is 14.2. The van der Waals surface area contributed by atoms with Crippen molar-refractivity contribution >= 4 is 29.3 Å². The van der Waals surface area contributed by atoms with Crippen molar-refractivity contribution in [3.05, 3.63) is 0 Å². The van der Waals surface area contributed by atoms with Crippen LogP contribution in [-0.2, 0) is 33.4 Å². The summed E-state index contributed by atoms with van der Waals surface area (Å²) in [5.74, 6) is -1.62. The number of carbonyl (C=O) groups excluding carboxylic acids is 5. The molecule has 0 radical (unpaired) electrons. The zero-order chi connectivity index (χ0) is 22.9. The summed E-state index contributed by atoms with van der Waals surface area (Å²) in [5.41, 5.74) is 0. The number of carbonyl (C=O) groups is 5. The lowest BCUT2D eigenvalue weighted by Gasteiger charge is -2.14. The third kappa shape index (κ3) is 14.0. The Hall–Kier alpha value is -2.05. The number of hydrogen-bond acceptors (Lipinski definition) is 7. The minimum atomic E-state index is -0.405. The van der Waals surface area contributed by atoms with E-state index in [9.17, 15) is 24.0 Å². The van der Waals surface area contributed by atoms with Crippen LogP contribution in [0.4, 0.5) is 0 Å². The zero-order valence-corrected chi connectivity index (χ0v) is 19.0. The molecule has 0 aliphatic rings. The fraction of sp³-hybridized carbons (Fsp3) is 0.783. The van der Waals surface area contributed by atoms with E-state index in [1.54, 1.807) is 0 Å². The first-order valence-corrected chi connectivity index (χ1v) is 11.0. The van der Waals surface area contributed by atoms with E-state index < -0.39 is 11.8 Å². The van der Waals surface area contributed by atoms with Crippen LogP contribution < -0.4 is 0 Å². The van der Waals surface area contributed by atoms with E-state index in [4.69, 9.17) is 9.47 Å². The van der Waals surface area contributed by atoms with Gasteiger partial charge in [0.25, 0.3) is 0 Å². The molecule has 0 rings (SSSR count). The van der Waals surface area contributed by atoms with Crippen molar-refractivity contribution in [2.45, 2.75) is 91.9 Å². The molecule has 0 aliphatic heterocycles. The second-order valence-electron chi connectivity index (χ2n) is 7.86. The predicted octanol–water partition coefficient (Wildman–Crippen LogP) is 3.99. The summed E-state index contributed by atoms with van der Waals surface area (Å²) in [4.78, 5) is 58.5. The molecule has 0 amide bonds. The maximum Gasteiger partial charge on any atom is 0.309 e. The average Bonchev–Trinajstić information content (AvgIpc) is 2.67. The van der Waals surface area contributed by atoms with Gasteiger partial charge in [-0.3, -0.25) is 14.4 Å². The molecule has 0 spiro atoms. The molecule has 2 atom stereocenters. The highest BCUT2D eigenvalue weighted by molar-refractivity contribution is 5.83. The first kappa shape index (κ1) is 27.9. The minimum absolute atomic E-state index is 0.0183. The second-order valence-corrected chi connectivity index (χ2v) is 7.86. The van der Waals surface area contributed by atoms with Gasteiger partial charge in [-0.1, -0.05) is 26.7 Å². The zero-order valence-electron chi connectivity index (χ0n) is 19.0. The molecule has 0 aromatic heterocycles. The molecule has 7 heteroatoms. The van der Waals surface area contributed by atoms with Gasteiger partial charge in [-0.2, -0.15) is 0 Å². The quantitative estimate of drug-likeness (QED) is 0.241. The van der Waals surface area contributed by atoms with Gasteiger partial charge in [-0.05, 0) is 39.5 Å². The molecule has 0 saturated carbocycles. The van der Waals surface area contributed by atoms with Gasteiger partial charge < -0.3 is 19.1 Å². The highest BCUT2D eigenvalue weighted by Gasteiger charge is 2.22. The Balaban J connectivity index is 4.02. The first-order valence-electron chi connectivity index (χ1n) is 11.0. The van der Waals surface area contributed by atoms with E-state index in [1.165, 1.54) is 13.8 Å². The number of esters is 2. The van der Waals surface area contributed by atoms with Gasteiger partial charge in [0.2, 0.25) is 0 Å². The molecule has 0 bridgehead atoms. The third-order valence-corrected chi connectivity index (χ3v) is 4.70. The summed E-state index contributed by atoms with van der Waals surface area (Å²) in [5, 5.41) is 0. The Labute approximate surface area is 180 Å². The normalized spacial score (nSPS) is 12.7. The summed E-state index contributed by atoms with van der Waals surface area (Å²) in [6, 6.07) is 0. The fourth-order valence-electron chi connectivity index (χ4n) is 3.24. The second kappa shape index (κ2) is 16.7. The molecule has 7 nitrogen and oxygen atoms in total. The third-order valence-electron chi connectivity index (χ3n) is 4.70. The van der Waals surface area contributed by atoms with Crippen LogP contribution in [0.5, 0.6) is 0 Å². The lowest BCUT2D eigenvalue weighted by molar-refractivity contribution is -0.150. The van der Waals surface area contributed by atoms with Crippen LogP contribution >= 0.6 is 0 Å². The van der Waals surface area contributed by atoms with E-state index in [0.717, 1.165) is 12.8 Å². The number of rotatable bonds is 18. The molecular weight excluding hydrogens is 388 g/mol. The molecule has 0 aromatic rings. The van der Waals surface area contributed by atoms with Crippen LogP contribution in [0.1, 0.15) is 91.9 Å². The van der Waals surface area contributed by atoms with E-state index in [0.29, 0.717) is 25.7 Å². The number of Topliss-reactive ketones (excluding diaryl/α,β-unsaturated/α-hetero) is 3. The molecule has 2 unspecified atom stereocenters. The van der Waals surface area contributed by atoms with Gasteiger partial charge in [-0.25, -0.2) is 0 Å². The maximum absolute atomic E-state index is 12.0. The molecule has 0 aromatic carbocycles. The topological polar surface area (TPSA) is 104 Å². The van der Waals surface area contributed by atoms with Crippen molar-refractivity contribution in [2.75, 3.05) is 13.2 Å². The van der Waals surface area contributed by atoms with Crippen LogP contribution in [0.15, 0.2) is 0 Å². The Kier molecular flexibility index (Phi) is 15.6. The van der Waals surface area contributed by atoms with Crippen LogP contribution in [0.3, 0.4) is 0 Å². The van der Waals surface area contributed by atoms with E-state index in [1.807, 2.05) is 13.8 Å². The van der Waals surface area contributed by atoms with Crippen molar-refractivity contribution < 1.29 is 33.4 Å². The minimum Gasteiger partial charge on any atom is -0.465 e. The smallest absolute Gasteiger partial charge is 0.309 e. The summed E-state index contributed by atoms with van der Waals surface area (Å²) < 4.78 is 10.4. The van der Waals surface area contributed by atoms with Crippen LogP contribution in [-0.4, -0.2) is 42.5 Å². The van der Waals surface area contributed by atoms with Gasteiger partial charge >= 0.3 is 11.9 Å². The number of hydrogen-bond donors (Lipinski definition) is 0. The largest absolute Gasteiger partial charge is 0.465 e.